The number of rotatable bonds is 7. The van der Waals surface area contributed by atoms with Crippen molar-refractivity contribution in [1.29, 1.82) is 0 Å². The SMILES string of the molecule is CCOCc1c(C(=O)OCC(=O)Nc2ccc(F)cc2F)oc2ccccc12. The Balaban J connectivity index is 1.69. The normalized spacial score (nSPS) is 10.8. The summed E-state index contributed by atoms with van der Waals surface area (Å²) in [6.07, 6.45) is 0. The van der Waals surface area contributed by atoms with Gasteiger partial charge in [0.25, 0.3) is 5.91 Å². The first-order valence-corrected chi connectivity index (χ1v) is 8.49. The van der Waals surface area contributed by atoms with Crippen molar-refractivity contribution < 1.29 is 32.3 Å². The molecular weight excluding hydrogens is 372 g/mol. The van der Waals surface area contributed by atoms with Crippen molar-refractivity contribution in [2.45, 2.75) is 13.5 Å². The number of furan rings is 1. The van der Waals surface area contributed by atoms with Crippen LogP contribution in [0.3, 0.4) is 0 Å². The van der Waals surface area contributed by atoms with Crippen molar-refractivity contribution in [1.82, 2.24) is 0 Å². The Morgan fingerprint density at radius 2 is 1.93 bits per heavy atom. The Labute approximate surface area is 159 Å². The third-order valence-corrected chi connectivity index (χ3v) is 3.87. The number of ether oxygens (including phenoxy) is 2. The van der Waals surface area contributed by atoms with Gasteiger partial charge in [0.2, 0.25) is 5.76 Å². The number of amides is 1. The van der Waals surface area contributed by atoms with Crippen LogP contribution >= 0.6 is 0 Å². The lowest BCUT2D eigenvalue weighted by Gasteiger charge is -2.07. The zero-order valence-corrected chi connectivity index (χ0v) is 15.0. The second-order valence-corrected chi connectivity index (χ2v) is 5.79. The maximum absolute atomic E-state index is 13.6. The van der Waals surface area contributed by atoms with Gasteiger partial charge in [-0.2, -0.15) is 0 Å². The highest BCUT2D eigenvalue weighted by Gasteiger charge is 2.22. The number of hydrogen-bond donors (Lipinski definition) is 1. The van der Waals surface area contributed by atoms with Crippen LogP contribution in [0.5, 0.6) is 0 Å². The molecule has 0 atom stereocenters. The predicted octanol–water partition coefficient (Wildman–Crippen LogP) is 4.04. The molecule has 0 unspecified atom stereocenters. The zero-order chi connectivity index (χ0) is 20.1. The van der Waals surface area contributed by atoms with Gasteiger partial charge in [-0.15, -0.1) is 0 Å². The molecule has 28 heavy (non-hydrogen) atoms. The van der Waals surface area contributed by atoms with Crippen LogP contribution in [0, 0.1) is 11.6 Å². The van der Waals surface area contributed by atoms with Crippen LogP contribution in [0.15, 0.2) is 46.9 Å². The van der Waals surface area contributed by atoms with Crippen molar-refractivity contribution in [3.63, 3.8) is 0 Å². The van der Waals surface area contributed by atoms with Gasteiger partial charge in [0.1, 0.15) is 17.2 Å². The maximum atomic E-state index is 13.6. The van der Waals surface area contributed by atoms with E-state index in [1.54, 1.807) is 24.3 Å². The van der Waals surface area contributed by atoms with Crippen LogP contribution in [-0.2, 0) is 20.9 Å². The molecule has 6 nitrogen and oxygen atoms in total. The molecule has 0 saturated carbocycles. The standard InChI is InChI=1S/C20H17F2NO5/c1-2-26-10-14-13-5-3-4-6-17(13)28-19(14)20(25)27-11-18(24)23-16-8-7-12(21)9-15(16)22/h3-9H,2,10-11H2,1H3,(H,23,24). The van der Waals surface area contributed by atoms with Gasteiger partial charge < -0.3 is 19.2 Å². The molecule has 0 radical (unpaired) electrons. The van der Waals surface area contributed by atoms with Crippen molar-refractivity contribution in [3.8, 4) is 0 Å². The fourth-order valence-electron chi connectivity index (χ4n) is 2.58. The lowest BCUT2D eigenvalue weighted by Crippen LogP contribution is -2.21. The Hall–Kier alpha value is -3.26. The van der Waals surface area contributed by atoms with E-state index in [1.165, 1.54) is 0 Å². The van der Waals surface area contributed by atoms with Crippen LogP contribution in [-0.4, -0.2) is 25.1 Å². The smallest absolute Gasteiger partial charge is 0.375 e. The van der Waals surface area contributed by atoms with Gasteiger partial charge in [-0.25, -0.2) is 13.6 Å². The number of carbonyl (C=O) groups excluding carboxylic acids is 2. The van der Waals surface area contributed by atoms with E-state index in [9.17, 15) is 18.4 Å². The summed E-state index contributed by atoms with van der Waals surface area (Å²) in [6, 6.07) is 9.75. The minimum Gasteiger partial charge on any atom is -0.450 e. The number of halogens is 2. The first-order valence-electron chi connectivity index (χ1n) is 8.49. The van der Waals surface area contributed by atoms with E-state index >= 15 is 0 Å². The van der Waals surface area contributed by atoms with E-state index in [-0.39, 0.29) is 18.1 Å². The van der Waals surface area contributed by atoms with E-state index in [0.717, 1.165) is 12.1 Å². The average molecular weight is 389 g/mol. The molecular formula is C20H17F2NO5. The fourth-order valence-corrected chi connectivity index (χ4v) is 2.58. The minimum atomic E-state index is -0.934. The van der Waals surface area contributed by atoms with Crippen molar-refractivity contribution >= 4 is 28.5 Å². The van der Waals surface area contributed by atoms with Crippen molar-refractivity contribution in [3.05, 3.63) is 65.4 Å². The second kappa shape index (κ2) is 8.62. The van der Waals surface area contributed by atoms with Crippen molar-refractivity contribution in [2.75, 3.05) is 18.5 Å². The zero-order valence-electron chi connectivity index (χ0n) is 15.0. The minimum absolute atomic E-state index is 0.0598. The van der Waals surface area contributed by atoms with E-state index in [0.29, 0.717) is 29.2 Å². The summed E-state index contributed by atoms with van der Waals surface area (Å²) in [6.45, 7) is 1.74. The number of hydrogen-bond acceptors (Lipinski definition) is 5. The monoisotopic (exact) mass is 389 g/mol. The molecule has 1 aromatic heterocycles. The molecule has 3 aromatic rings. The first-order chi connectivity index (χ1) is 13.5. The molecule has 0 aliphatic rings. The Morgan fingerprint density at radius 1 is 1.14 bits per heavy atom. The van der Waals surface area contributed by atoms with Gasteiger partial charge in [-0.3, -0.25) is 4.79 Å². The number of anilines is 1. The van der Waals surface area contributed by atoms with Gasteiger partial charge in [0, 0.05) is 23.6 Å². The van der Waals surface area contributed by atoms with Crippen LogP contribution in [0.4, 0.5) is 14.5 Å². The molecule has 0 fully saturated rings. The predicted molar refractivity (Wildman–Crippen MR) is 96.8 cm³/mol. The lowest BCUT2D eigenvalue weighted by molar-refractivity contribution is -0.119. The number of esters is 1. The first kappa shape index (κ1) is 19.5. The summed E-state index contributed by atoms with van der Waals surface area (Å²) < 4.78 is 42.4. The number of carbonyl (C=O) groups is 2. The number of para-hydroxylation sites is 1. The Morgan fingerprint density at radius 3 is 2.68 bits per heavy atom. The Bertz CT molecular complexity index is 1010. The van der Waals surface area contributed by atoms with Crippen LogP contribution in [0.25, 0.3) is 11.0 Å². The summed E-state index contributed by atoms with van der Waals surface area (Å²) in [5, 5.41) is 2.92. The molecule has 3 rings (SSSR count). The van der Waals surface area contributed by atoms with Gasteiger partial charge in [-0.05, 0) is 25.1 Å². The van der Waals surface area contributed by atoms with Gasteiger partial charge in [-0.1, -0.05) is 18.2 Å². The van der Waals surface area contributed by atoms with E-state index in [4.69, 9.17) is 13.9 Å². The molecule has 8 heteroatoms. The summed E-state index contributed by atoms with van der Waals surface area (Å²) in [5.74, 6) is -3.39. The Kier molecular flexibility index (Phi) is 6.00. The highest BCUT2D eigenvalue weighted by molar-refractivity contribution is 5.98. The van der Waals surface area contributed by atoms with Crippen LogP contribution in [0.2, 0.25) is 0 Å². The third-order valence-electron chi connectivity index (χ3n) is 3.87. The largest absolute Gasteiger partial charge is 0.450 e. The molecule has 1 heterocycles. The summed E-state index contributed by atoms with van der Waals surface area (Å²) in [5.41, 5.74) is 0.789. The van der Waals surface area contributed by atoms with Gasteiger partial charge in [0.15, 0.2) is 6.61 Å². The molecule has 1 amide bonds. The molecule has 0 aliphatic carbocycles. The fraction of sp³-hybridized carbons (Fsp3) is 0.200. The van der Waals surface area contributed by atoms with E-state index < -0.39 is 30.1 Å². The molecule has 0 spiro atoms. The maximum Gasteiger partial charge on any atom is 0.375 e. The van der Waals surface area contributed by atoms with Crippen molar-refractivity contribution in [2.24, 2.45) is 0 Å². The second-order valence-electron chi connectivity index (χ2n) is 5.79. The number of nitrogens with one attached hydrogen (secondary N) is 1. The summed E-state index contributed by atoms with van der Waals surface area (Å²) in [7, 11) is 0. The lowest BCUT2D eigenvalue weighted by atomic mass is 10.1. The van der Waals surface area contributed by atoms with Crippen LogP contribution < -0.4 is 5.32 Å². The van der Waals surface area contributed by atoms with E-state index in [1.807, 2.05) is 6.92 Å². The summed E-state index contributed by atoms with van der Waals surface area (Å²) >= 11 is 0. The highest BCUT2D eigenvalue weighted by atomic mass is 19.1. The topological polar surface area (TPSA) is 77.8 Å². The molecule has 0 aliphatic heterocycles. The van der Waals surface area contributed by atoms with Gasteiger partial charge in [0.05, 0.1) is 12.3 Å². The quantitative estimate of drug-likeness (QED) is 0.617. The van der Waals surface area contributed by atoms with Gasteiger partial charge >= 0.3 is 5.97 Å². The molecule has 0 saturated heterocycles. The third kappa shape index (κ3) is 4.34. The number of fused-ring (bicyclic) bond motifs is 1. The highest BCUT2D eigenvalue weighted by Crippen LogP contribution is 2.27. The summed E-state index contributed by atoms with van der Waals surface area (Å²) in [4.78, 5) is 24.3. The number of benzene rings is 2. The molecule has 146 valence electrons. The molecule has 0 bridgehead atoms. The van der Waals surface area contributed by atoms with E-state index in [2.05, 4.69) is 5.32 Å². The average Bonchev–Trinajstić information content (AvgIpc) is 3.05. The van der Waals surface area contributed by atoms with Crippen LogP contribution in [0.1, 0.15) is 23.0 Å². The molecule has 1 N–H and O–H groups in total. The molecule has 2 aromatic carbocycles.